The Morgan fingerprint density at radius 3 is 2.50 bits per heavy atom. The van der Waals surface area contributed by atoms with Gasteiger partial charge in [0, 0.05) is 16.5 Å². The molecular weight excluding hydrogens is 346 g/mol. The quantitative estimate of drug-likeness (QED) is 0.557. The Morgan fingerprint density at radius 2 is 1.79 bits per heavy atom. The number of nitrogen functional groups attached to an aromatic ring is 1. The SMILES string of the molecule is N#Cc1c(-c2ccc3ccc(-c4ccccc4)nc3c2)nn(C2CCC2)c1N. The van der Waals surface area contributed by atoms with Gasteiger partial charge in [0.25, 0.3) is 0 Å². The lowest BCUT2D eigenvalue weighted by Crippen LogP contribution is -2.19. The van der Waals surface area contributed by atoms with Crippen molar-refractivity contribution in [3.8, 4) is 28.6 Å². The molecule has 0 atom stereocenters. The number of pyridine rings is 1. The number of nitrogens with two attached hydrogens (primary N) is 1. The molecule has 1 aliphatic rings. The first-order chi connectivity index (χ1) is 13.7. The largest absolute Gasteiger partial charge is 0.383 e. The van der Waals surface area contributed by atoms with Gasteiger partial charge in [-0.15, -0.1) is 0 Å². The van der Waals surface area contributed by atoms with Gasteiger partial charge in [0.1, 0.15) is 23.1 Å². The molecule has 5 nitrogen and oxygen atoms in total. The van der Waals surface area contributed by atoms with Crippen LogP contribution in [-0.4, -0.2) is 14.8 Å². The smallest absolute Gasteiger partial charge is 0.140 e. The number of hydrogen-bond acceptors (Lipinski definition) is 4. The zero-order valence-corrected chi connectivity index (χ0v) is 15.3. The molecule has 0 spiro atoms. The van der Waals surface area contributed by atoms with E-state index in [-0.39, 0.29) is 0 Å². The van der Waals surface area contributed by atoms with Gasteiger partial charge >= 0.3 is 0 Å². The van der Waals surface area contributed by atoms with E-state index in [4.69, 9.17) is 15.8 Å². The molecule has 0 saturated heterocycles. The molecule has 4 aromatic rings. The maximum atomic E-state index is 9.65. The molecule has 2 heterocycles. The van der Waals surface area contributed by atoms with Crippen LogP contribution in [0.5, 0.6) is 0 Å². The summed E-state index contributed by atoms with van der Waals surface area (Å²) < 4.78 is 1.83. The van der Waals surface area contributed by atoms with Gasteiger partial charge in [0.05, 0.1) is 17.3 Å². The third kappa shape index (κ3) is 2.62. The van der Waals surface area contributed by atoms with E-state index in [0.29, 0.717) is 23.1 Å². The predicted molar refractivity (Wildman–Crippen MR) is 110 cm³/mol. The van der Waals surface area contributed by atoms with Crippen molar-refractivity contribution in [3.05, 3.63) is 66.2 Å². The van der Waals surface area contributed by atoms with E-state index in [1.165, 1.54) is 6.42 Å². The fraction of sp³-hybridized carbons (Fsp3) is 0.174. The molecule has 1 aliphatic carbocycles. The number of fused-ring (bicyclic) bond motifs is 1. The van der Waals surface area contributed by atoms with Gasteiger partial charge in [0.2, 0.25) is 0 Å². The lowest BCUT2D eigenvalue weighted by Gasteiger charge is -2.26. The van der Waals surface area contributed by atoms with Crippen LogP contribution in [0.2, 0.25) is 0 Å². The molecule has 2 aromatic carbocycles. The lowest BCUT2D eigenvalue weighted by molar-refractivity contribution is 0.293. The third-order valence-electron chi connectivity index (χ3n) is 5.51. The second-order valence-electron chi connectivity index (χ2n) is 7.22. The molecule has 1 saturated carbocycles. The summed E-state index contributed by atoms with van der Waals surface area (Å²) in [6.45, 7) is 0. The van der Waals surface area contributed by atoms with Crippen LogP contribution in [0.3, 0.4) is 0 Å². The Bertz CT molecular complexity index is 1210. The van der Waals surface area contributed by atoms with Crippen molar-refractivity contribution in [2.24, 2.45) is 0 Å². The molecule has 2 aromatic heterocycles. The van der Waals surface area contributed by atoms with Crippen molar-refractivity contribution >= 4 is 16.7 Å². The highest BCUT2D eigenvalue weighted by Crippen LogP contribution is 2.37. The molecule has 28 heavy (non-hydrogen) atoms. The van der Waals surface area contributed by atoms with Crippen molar-refractivity contribution < 1.29 is 0 Å². The molecule has 136 valence electrons. The van der Waals surface area contributed by atoms with E-state index in [2.05, 4.69) is 12.1 Å². The predicted octanol–water partition coefficient (Wildman–Crippen LogP) is 4.94. The first-order valence-electron chi connectivity index (χ1n) is 9.49. The summed E-state index contributed by atoms with van der Waals surface area (Å²) in [5, 5.41) is 15.4. The fourth-order valence-corrected chi connectivity index (χ4v) is 3.70. The zero-order chi connectivity index (χ0) is 19.1. The van der Waals surface area contributed by atoms with Crippen LogP contribution in [0.15, 0.2) is 60.7 Å². The second-order valence-corrected chi connectivity index (χ2v) is 7.22. The Morgan fingerprint density at radius 1 is 1.00 bits per heavy atom. The van der Waals surface area contributed by atoms with Gasteiger partial charge in [-0.1, -0.05) is 48.5 Å². The van der Waals surface area contributed by atoms with Gasteiger partial charge in [0.15, 0.2) is 0 Å². The average Bonchev–Trinajstić information content (AvgIpc) is 3.02. The maximum absolute atomic E-state index is 9.65. The lowest BCUT2D eigenvalue weighted by atomic mass is 9.93. The second kappa shape index (κ2) is 6.50. The summed E-state index contributed by atoms with van der Waals surface area (Å²) >= 11 is 0. The minimum Gasteiger partial charge on any atom is -0.383 e. The van der Waals surface area contributed by atoms with Gasteiger partial charge < -0.3 is 5.73 Å². The number of rotatable bonds is 3. The normalized spacial score (nSPS) is 14.0. The third-order valence-corrected chi connectivity index (χ3v) is 5.51. The minimum atomic E-state index is 0.309. The summed E-state index contributed by atoms with van der Waals surface area (Å²) in [6, 6.07) is 22.8. The number of anilines is 1. The molecule has 1 fully saturated rings. The summed E-state index contributed by atoms with van der Waals surface area (Å²) in [5.41, 5.74) is 11.1. The van der Waals surface area contributed by atoms with Crippen molar-refractivity contribution in [1.29, 1.82) is 5.26 Å². The average molecular weight is 365 g/mol. The molecule has 5 heteroatoms. The van der Waals surface area contributed by atoms with Crippen LogP contribution in [-0.2, 0) is 0 Å². The first kappa shape index (κ1) is 16.5. The fourth-order valence-electron chi connectivity index (χ4n) is 3.70. The summed E-state index contributed by atoms with van der Waals surface area (Å²) in [7, 11) is 0. The monoisotopic (exact) mass is 365 g/mol. The number of aromatic nitrogens is 3. The van der Waals surface area contributed by atoms with E-state index in [1.54, 1.807) is 0 Å². The van der Waals surface area contributed by atoms with Gasteiger partial charge in [-0.2, -0.15) is 10.4 Å². The van der Waals surface area contributed by atoms with Crippen LogP contribution in [0.4, 0.5) is 5.82 Å². The standard InChI is InChI=1S/C23H19N5/c24-14-19-22(27-28(23(19)25)18-7-4-8-18)17-10-9-16-11-12-20(26-21(16)13-17)15-5-2-1-3-6-15/h1-3,5-6,9-13,18H,4,7-8,25H2. The van der Waals surface area contributed by atoms with Gasteiger partial charge in [-0.3, -0.25) is 0 Å². The van der Waals surface area contributed by atoms with Crippen molar-refractivity contribution in [3.63, 3.8) is 0 Å². The highest BCUT2D eigenvalue weighted by atomic mass is 15.3. The number of nitriles is 1. The Hall–Kier alpha value is -3.65. The summed E-state index contributed by atoms with van der Waals surface area (Å²) in [6.07, 6.45) is 3.31. The van der Waals surface area contributed by atoms with E-state index < -0.39 is 0 Å². The number of hydrogen-bond donors (Lipinski definition) is 1. The molecule has 0 aliphatic heterocycles. The van der Waals surface area contributed by atoms with E-state index in [9.17, 15) is 5.26 Å². The van der Waals surface area contributed by atoms with Gasteiger partial charge in [-0.05, 0) is 31.4 Å². The first-order valence-corrected chi connectivity index (χ1v) is 9.49. The summed E-state index contributed by atoms with van der Waals surface area (Å²) in [5.74, 6) is 0.466. The topological polar surface area (TPSA) is 80.5 Å². The zero-order valence-electron chi connectivity index (χ0n) is 15.3. The molecule has 2 N–H and O–H groups in total. The highest BCUT2D eigenvalue weighted by Gasteiger charge is 2.26. The molecule has 0 radical (unpaired) electrons. The Labute approximate surface area is 163 Å². The van der Waals surface area contributed by atoms with E-state index >= 15 is 0 Å². The van der Waals surface area contributed by atoms with Crippen LogP contribution >= 0.6 is 0 Å². The van der Waals surface area contributed by atoms with Crippen LogP contribution in [0, 0.1) is 11.3 Å². The minimum absolute atomic E-state index is 0.309. The molecule has 0 bridgehead atoms. The van der Waals surface area contributed by atoms with Crippen LogP contribution in [0.25, 0.3) is 33.4 Å². The molecule has 0 unspecified atom stereocenters. The van der Waals surface area contributed by atoms with E-state index in [1.807, 2.05) is 59.3 Å². The Kier molecular flexibility index (Phi) is 3.84. The number of benzene rings is 2. The number of nitrogens with zero attached hydrogens (tertiary/aromatic N) is 4. The van der Waals surface area contributed by atoms with Gasteiger partial charge in [-0.25, -0.2) is 9.67 Å². The van der Waals surface area contributed by atoms with Crippen molar-refractivity contribution in [2.75, 3.05) is 5.73 Å². The maximum Gasteiger partial charge on any atom is 0.140 e. The molecule has 0 amide bonds. The molecular formula is C23H19N5. The Balaban J connectivity index is 1.63. The summed E-state index contributed by atoms with van der Waals surface area (Å²) in [4.78, 5) is 4.83. The van der Waals surface area contributed by atoms with Crippen LogP contribution in [0.1, 0.15) is 30.9 Å². The van der Waals surface area contributed by atoms with Crippen molar-refractivity contribution in [1.82, 2.24) is 14.8 Å². The molecule has 5 rings (SSSR count). The highest BCUT2D eigenvalue weighted by molar-refractivity contribution is 5.87. The van der Waals surface area contributed by atoms with E-state index in [0.717, 1.165) is 40.6 Å². The van der Waals surface area contributed by atoms with Crippen molar-refractivity contribution in [2.45, 2.75) is 25.3 Å². The van der Waals surface area contributed by atoms with Crippen LogP contribution < -0.4 is 5.73 Å².